The molecular weight excluding hydrogens is 507 g/mol. The van der Waals surface area contributed by atoms with Gasteiger partial charge in [0.25, 0.3) is 0 Å². The van der Waals surface area contributed by atoms with E-state index in [4.69, 9.17) is 0 Å². The molecule has 0 N–H and O–H groups in total. The van der Waals surface area contributed by atoms with Crippen molar-refractivity contribution >= 4 is 28.3 Å². The zero-order valence-corrected chi connectivity index (χ0v) is 24.2. The van der Waals surface area contributed by atoms with Gasteiger partial charge in [0.15, 0.2) is 0 Å². The average molecular weight is 537 g/mol. The number of hydrogen-bond donors (Lipinski definition) is 0. The molecule has 2 aliphatic carbocycles. The van der Waals surface area contributed by atoms with Crippen LogP contribution in [0.2, 0.25) is 39.3 Å². The van der Waals surface area contributed by atoms with E-state index < -0.39 is 16.1 Å². The van der Waals surface area contributed by atoms with E-state index in [1.54, 1.807) is 0 Å². The van der Waals surface area contributed by atoms with E-state index in [0.29, 0.717) is 11.1 Å². The van der Waals surface area contributed by atoms with Crippen molar-refractivity contribution in [2.24, 2.45) is 0 Å². The Kier molecular flexibility index (Phi) is 11.4. The van der Waals surface area contributed by atoms with Crippen LogP contribution in [0.15, 0.2) is 48.5 Å². The van der Waals surface area contributed by atoms with Gasteiger partial charge in [0.1, 0.15) is 0 Å². The standard InChI is InChI=1S/2C12H15Si.2ClH.Zr/c2*1-13(2,3)12-9-8-10-6-4-5-7-11(10)12;;;/h2*4-8,12H,1-3H3;2*1H;/q2*-1;;;+4/p-2. The molecule has 2 aromatic rings. The zero-order chi connectivity index (χ0) is 18.9. The quantitative estimate of drug-likeness (QED) is 0.396. The predicted molar refractivity (Wildman–Crippen MR) is 120 cm³/mol. The third-order valence-electron chi connectivity index (χ3n) is 5.16. The van der Waals surface area contributed by atoms with E-state index in [1.807, 2.05) is 0 Å². The van der Waals surface area contributed by atoms with E-state index >= 15 is 0 Å². The van der Waals surface area contributed by atoms with Crippen LogP contribution >= 0.6 is 0 Å². The monoisotopic (exact) mass is 534 g/mol. The number of benzene rings is 2. The Labute approximate surface area is 211 Å². The Balaban J connectivity index is 0.000000490. The summed E-state index contributed by atoms with van der Waals surface area (Å²) in [5.74, 6) is 0. The van der Waals surface area contributed by atoms with Crippen molar-refractivity contribution in [2.45, 2.75) is 50.4 Å². The van der Waals surface area contributed by atoms with Crippen LogP contribution in [0.5, 0.6) is 0 Å². The van der Waals surface area contributed by atoms with E-state index in [1.165, 1.54) is 22.3 Å². The Bertz CT molecular complexity index is 777. The van der Waals surface area contributed by atoms with Gasteiger partial charge in [0.2, 0.25) is 0 Å². The van der Waals surface area contributed by atoms with Crippen molar-refractivity contribution in [1.82, 2.24) is 0 Å². The van der Waals surface area contributed by atoms with Gasteiger partial charge in [-0.1, -0.05) is 86.8 Å². The summed E-state index contributed by atoms with van der Waals surface area (Å²) < 4.78 is 0. The van der Waals surface area contributed by atoms with Crippen molar-refractivity contribution in [2.75, 3.05) is 0 Å². The minimum absolute atomic E-state index is 0. The molecule has 0 amide bonds. The van der Waals surface area contributed by atoms with Crippen LogP contribution in [-0.4, -0.2) is 16.1 Å². The van der Waals surface area contributed by atoms with Gasteiger partial charge in [-0.3, -0.25) is 12.2 Å². The number of halogens is 2. The average Bonchev–Trinajstić information content (AvgIpc) is 3.19. The van der Waals surface area contributed by atoms with Crippen molar-refractivity contribution < 1.29 is 51.0 Å². The van der Waals surface area contributed by atoms with Crippen LogP contribution < -0.4 is 24.8 Å². The molecule has 0 nitrogen and oxygen atoms in total. The summed E-state index contributed by atoms with van der Waals surface area (Å²) in [5.41, 5.74) is 6.92. The minimum Gasteiger partial charge on any atom is -1.00 e. The van der Waals surface area contributed by atoms with Crippen molar-refractivity contribution in [3.05, 3.63) is 82.9 Å². The summed E-state index contributed by atoms with van der Waals surface area (Å²) in [6, 6.07) is 17.3. The van der Waals surface area contributed by atoms with Gasteiger partial charge in [0.05, 0.1) is 0 Å². The SMILES string of the molecule is C[Si](C)(C)C1[C-]=Cc2ccccc21.C[Si](C)(C)C1[C-]=Cc2ccccc21.[Cl-].[Cl-].[Zr+4]. The Morgan fingerprint density at radius 1 is 0.586 bits per heavy atom. The molecule has 0 aromatic heterocycles. The fourth-order valence-corrected chi connectivity index (χ4v) is 7.33. The van der Waals surface area contributed by atoms with Gasteiger partial charge in [-0.25, -0.2) is 12.2 Å². The molecule has 2 unspecified atom stereocenters. The second kappa shape index (κ2) is 11.4. The van der Waals surface area contributed by atoms with E-state index in [2.05, 4.69) is 112 Å². The summed E-state index contributed by atoms with van der Waals surface area (Å²) in [5, 5.41) is 0. The number of rotatable bonds is 2. The van der Waals surface area contributed by atoms with Gasteiger partial charge < -0.3 is 24.8 Å². The fraction of sp³-hybridized carbons (Fsp3) is 0.333. The molecule has 29 heavy (non-hydrogen) atoms. The molecule has 0 radical (unpaired) electrons. The van der Waals surface area contributed by atoms with Crippen molar-refractivity contribution in [3.8, 4) is 0 Å². The van der Waals surface area contributed by atoms with Gasteiger partial charge in [0, 0.05) is 16.1 Å². The molecule has 2 aliphatic rings. The van der Waals surface area contributed by atoms with Crippen LogP contribution in [-0.2, 0) is 26.2 Å². The first-order valence-corrected chi connectivity index (χ1v) is 16.7. The number of fused-ring (bicyclic) bond motifs is 2. The summed E-state index contributed by atoms with van der Waals surface area (Å²) in [6.07, 6.45) is 11.3. The molecule has 5 heteroatoms. The topological polar surface area (TPSA) is 0 Å². The summed E-state index contributed by atoms with van der Waals surface area (Å²) in [6.45, 7) is 14.4. The van der Waals surface area contributed by atoms with E-state index in [9.17, 15) is 0 Å². The van der Waals surface area contributed by atoms with Crippen LogP contribution in [0.3, 0.4) is 0 Å². The molecular formula is C24H30Cl2Si2Zr. The summed E-state index contributed by atoms with van der Waals surface area (Å²) >= 11 is 0. The zero-order valence-electron chi connectivity index (χ0n) is 18.2. The fourth-order valence-electron chi connectivity index (χ4n) is 3.77. The molecule has 0 saturated carbocycles. The maximum absolute atomic E-state index is 3.50. The van der Waals surface area contributed by atoms with Crippen LogP contribution in [0, 0.1) is 12.2 Å². The molecule has 4 rings (SSSR count). The maximum atomic E-state index is 3.50. The number of allylic oxidation sites excluding steroid dienone is 2. The van der Waals surface area contributed by atoms with E-state index in [-0.39, 0.29) is 51.0 Å². The largest absolute Gasteiger partial charge is 4.00 e. The number of hydrogen-bond acceptors (Lipinski definition) is 0. The predicted octanol–water partition coefficient (Wildman–Crippen LogP) is 0.961. The molecule has 0 saturated heterocycles. The second-order valence-corrected chi connectivity index (χ2v) is 20.1. The van der Waals surface area contributed by atoms with Gasteiger partial charge in [-0.15, -0.1) is 23.3 Å². The van der Waals surface area contributed by atoms with Crippen LogP contribution in [0.25, 0.3) is 12.2 Å². The van der Waals surface area contributed by atoms with Crippen LogP contribution in [0.1, 0.15) is 33.3 Å². The smallest absolute Gasteiger partial charge is 1.00 e. The van der Waals surface area contributed by atoms with Gasteiger partial charge in [-0.05, 0) is 0 Å². The molecule has 2 atom stereocenters. The first-order chi connectivity index (χ1) is 12.2. The molecule has 2 aromatic carbocycles. The normalized spacial score (nSPS) is 18.3. The summed E-state index contributed by atoms with van der Waals surface area (Å²) in [7, 11) is -2.24. The Morgan fingerprint density at radius 3 is 1.21 bits per heavy atom. The van der Waals surface area contributed by atoms with Crippen LogP contribution in [0.4, 0.5) is 0 Å². The first-order valence-electron chi connectivity index (χ1n) is 9.54. The van der Waals surface area contributed by atoms with Gasteiger partial charge in [-0.2, -0.15) is 11.1 Å². The van der Waals surface area contributed by atoms with Gasteiger partial charge >= 0.3 is 26.2 Å². The molecule has 0 aliphatic heterocycles. The second-order valence-electron chi connectivity index (χ2n) is 9.48. The molecule has 0 bridgehead atoms. The molecule has 152 valence electrons. The Hall–Kier alpha value is -0.183. The first kappa shape index (κ1) is 28.8. The third kappa shape index (κ3) is 6.91. The van der Waals surface area contributed by atoms with E-state index in [0.717, 1.165) is 0 Å². The van der Waals surface area contributed by atoms with Crippen molar-refractivity contribution in [3.63, 3.8) is 0 Å². The maximum Gasteiger partial charge on any atom is 4.00 e. The van der Waals surface area contributed by atoms with Crippen molar-refractivity contribution in [1.29, 1.82) is 0 Å². The third-order valence-corrected chi connectivity index (χ3v) is 9.58. The molecule has 0 spiro atoms. The summed E-state index contributed by atoms with van der Waals surface area (Å²) in [4.78, 5) is 0. The molecule has 0 heterocycles. The molecule has 0 fully saturated rings. The minimum atomic E-state index is -1.12. The Morgan fingerprint density at radius 2 is 0.897 bits per heavy atom.